The monoisotopic (exact) mass is 378 g/mol. The van der Waals surface area contributed by atoms with Crippen LogP contribution < -0.4 is 0 Å². The molecule has 1 aromatic rings. The number of carbonyl (C=O) groups is 2. The smallest absolute Gasteiger partial charge is 0.233 e. The van der Waals surface area contributed by atoms with Crippen LogP contribution >= 0.6 is 15.9 Å². The van der Waals surface area contributed by atoms with Gasteiger partial charge >= 0.3 is 0 Å². The molecule has 0 unspecified atom stereocenters. The van der Waals surface area contributed by atoms with Gasteiger partial charge in [0, 0.05) is 37.6 Å². The minimum absolute atomic E-state index is 0.0666. The van der Waals surface area contributed by atoms with E-state index in [4.69, 9.17) is 0 Å². The maximum atomic E-state index is 13.0. The molecule has 124 valence electrons. The number of carbonyl (C=O) groups excluding carboxylic acids is 2. The Labute approximate surface area is 146 Å². The van der Waals surface area contributed by atoms with Crippen molar-refractivity contribution < 1.29 is 9.59 Å². The number of amides is 2. The van der Waals surface area contributed by atoms with Gasteiger partial charge in [0.05, 0.1) is 5.41 Å². The van der Waals surface area contributed by atoms with Crippen LogP contribution in [0.25, 0.3) is 0 Å². The average Bonchev–Trinajstić information content (AvgIpc) is 3.36. The Kier molecular flexibility index (Phi) is 4.50. The van der Waals surface area contributed by atoms with E-state index in [1.807, 2.05) is 17.0 Å². The molecule has 3 rings (SSSR count). The summed E-state index contributed by atoms with van der Waals surface area (Å²) in [7, 11) is 3.60. The molecule has 2 fully saturated rings. The van der Waals surface area contributed by atoms with E-state index < -0.39 is 0 Å². The van der Waals surface area contributed by atoms with E-state index in [0.717, 1.165) is 35.7 Å². The van der Waals surface area contributed by atoms with Gasteiger partial charge < -0.3 is 9.80 Å². The average molecular weight is 379 g/mol. The lowest BCUT2D eigenvalue weighted by molar-refractivity contribution is -0.140. The second kappa shape index (κ2) is 6.27. The molecular weight excluding hydrogens is 356 g/mol. The van der Waals surface area contributed by atoms with E-state index in [1.165, 1.54) is 0 Å². The Hall–Kier alpha value is -1.36. The number of benzene rings is 1. The standard InChI is InChI=1S/C18H23BrN2O2/c1-20(2)16(22)13-7-11-21(12-8-13)17(23)18(9-10-18)14-3-5-15(19)6-4-14/h3-6,13H,7-12H2,1-2H3. The zero-order chi connectivity index (χ0) is 16.6. The summed E-state index contributed by atoms with van der Waals surface area (Å²) in [5.74, 6) is 0.499. The first kappa shape index (κ1) is 16.5. The third kappa shape index (κ3) is 3.16. The SMILES string of the molecule is CN(C)C(=O)C1CCN(C(=O)C2(c3ccc(Br)cc3)CC2)CC1. The highest BCUT2D eigenvalue weighted by Gasteiger charge is 2.53. The summed E-state index contributed by atoms with van der Waals surface area (Å²) in [5.41, 5.74) is 0.816. The Morgan fingerprint density at radius 3 is 2.17 bits per heavy atom. The molecule has 23 heavy (non-hydrogen) atoms. The normalized spacial score (nSPS) is 20.2. The van der Waals surface area contributed by atoms with Crippen molar-refractivity contribution in [3.05, 3.63) is 34.3 Å². The van der Waals surface area contributed by atoms with Crippen LogP contribution in [-0.2, 0) is 15.0 Å². The van der Waals surface area contributed by atoms with Crippen LogP contribution in [0.4, 0.5) is 0 Å². The van der Waals surface area contributed by atoms with E-state index in [9.17, 15) is 9.59 Å². The van der Waals surface area contributed by atoms with Gasteiger partial charge in [0.1, 0.15) is 0 Å². The molecular formula is C18H23BrN2O2. The molecule has 0 spiro atoms. The molecule has 0 atom stereocenters. The van der Waals surface area contributed by atoms with E-state index in [1.54, 1.807) is 19.0 Å². The Balaban J connectivity index is 1.66. The quantitative estimate of drug-likeness (QED) is 0.811. The predicted molar refractivity (Wildman–Crippen MR) is 93.1 cm³/mol. The molecule has 0 aromatic heterocycles. The third-order valence-electron chi connectivity index (χ3n) is 5.13. The summed E-state index contributed by atoms with van der Waals surface area (Å²) >= 11 is 3.45. The number of likely N-dealkylation sites (tertiary alicyclic amines) is 1. The zero-order valence-electron chi connectivity index (χ0n) is 13.7. The molecule has 0 N–H and O–H groups in total. The summed E-state index contributed by atoms with van der Waals surface area (Å²) < 4.78 is 1.03. The van der Waals surface area contributed by atoms with E-state index in [2.05, 4.69) is 28.1 Å². The van der Waals surface area contributed by atoms with Crippen LogP contribution in [0.15, 0.2) is 28.7 Å². The molecule has 1 aromatic carbocycles. The van der Waals surface area contributed by atoms with Crippen molar-refractivity contribution in [1.29, 1.82) is 0 Å². The highest BCUT2D eigenvalue weighted by Crippen LogP contribution is 2.50. The highest BCUT2D eigenvalue weighted by molar-refractivity contribution is 9.10. The first-order chi connectivity index (χ1) is 10.9. The van der Waals surface area contributed by atoms with Crippen LogP contribution in [-0.4, -0.2) is 48.8 Å². The van der Waals surface area contributed by atoms with E-state index in [0.29, 0.717) is 13.1 Å². The van der Waals surface area contributed by atoms with Gasteiger partial charge in [0.25, 0.3) is 0 Å². The fourth-order valence-corrected chi connectivity index (χ4v) is 3.78. The second-order valence-corrected chi connectivity index (χ2v) is 7.80. The molecule has 2 amide bonds. The van der Waals surface area contributed by atoms with Crippen LogP contribution in [0.2, 0.25) is 0 Å². The van der Waals surface area contributed by atoms with Gasteiger partial charge in [-0.05, 0) is 43.4 Å². The molecule has 1 saturated heterocycles. The molecule has 0 bridgehead atoms. The van der Waals surface area contributed by atoms with Crippen molar-refractivity contribution in [1.82, 2.24) is 9.80 Å². The maximum Gasteiger partial charge on any atom is 0.233 e. The first-order valence-electron chi connectivity index (χ1n) is 8.20. The number of nitrogens with zero attached hydrogens (tertiary/aromatic N) is 2. The fourth-order valence-electron chi connectivity index (χ4n) is 3.52. The lowest BCUT2D eigenvalue weighted by Gasteiger charge is -2.34. The Bertz CT molecular complexity index is 600. The summed E-state index contributed by atoms with van der Waals surface area (Å²) in [6.07, 6.45) is 3.42. The maximum absolute atomic E-state index is 13.0. The van der Waals surface area contributed by atoms with E-state index >= 15 is 0 Å². The summed E-state index contributed by atoms with van der Waals surface area (Å²) in [6, 6.07) is 8.12. The second-order valence-electron chi connectivity index (χ2n) is 6.89. The van der Waals surface area contributed by atoms with Crippen molar-refractivity contribution in [3.63, 3.8) is 0 Å². The van der Waals surface area contributed by atoms with Crippen molar-refractivity contribution >= 4 is 27.7 Å². The third-order valence-corrected chi connectivity index (χ3v) is 5.66. The van der Waals surface area contributed by atoms with Crippen molar-refractivity contribution in [3.8, 4) is 0 Å². The first-order valence-corrected chi connectivity index (χ1v) is 9.00. The molecule has 1 saturated carbocycles. The van der Waals surface area contributed by atoms with Gasteiger partial charge in [0.2, 0.25) is 11.8 Å². The van der Waals surface area contributed by atoms with Gasteiger partial charge in [-0.2, -0.15) is 0 Å². The lowest BCUT2D eigenvalue weighted by atomic mass is 9.91. The number of hydrogen-bond donors (Lipinski definition) is 0. The molecule has 1 aliphatic heterocycles. The minimum atomic E-state index is -0.306. The minimum Gasteiger partial charge on any atom is -0.349 e. The summed E-state index contributed by atoms with van der Waals surface area (Å²) in [6.45, 7) is 1.39. The lowest BCUT2D eigenvalue weighted by Crippen LogP contribution is -2.46. The number of piperidine rings is 1. The van der Waals surface area contributed by atoms with Gasteiger partial charge in [-0.3, -0.25) is 9.59 Å². The topological polar surface area (TPSA) is 40.6 Å². The number of hydrogen-bond acceptors (Lipinski definition) is 2. The largest absolute Gasteiger partial charge is 0.349 e. The van der Waals surface area contributed by atoms with Crippen molar-refractivity contribution in [2.75, 3.05) is 27.2 Å². The van der Waals surface area contributed by atoms with Crippen LogP contribution in [0.5, 0.6) is 0 Å². The van der Waals surface area contributed by atoms with Crippen LogP contribution in [0, 0.1) is 5.92 Å². The Morgan fingerprint density at radius 1 is 1.13 bits per heavy atom. The Morgan fingerprint density at radius 2 is 1.70 bits per heavy atom. The zero-order valence-corrected chi connectivity index (χ0v) is 15.3. The molecule has 5 heteroatoms. The summed E-state index contributed by atoms with van der Waals surface area (Å²) in [4.78, 5) is 28.7. The van der Waals surface area contributed by atoms with Gasteiger partial charge in [-0.1, -0.05) is 28.1 Å². The van der Waals surface area contributed by atoms with Gasteiger partial charge in [-0.25, -0.2) is 0 Å². The molecule has 2 aliphatic rings. The molecule has 0 radical (unpaired) electrons. The predicted octanol–water partition coefficient (Wildman–Crippen LogP) is 2.81. The molecule has 1 heterocycles. The number of halogens is 1. The van der Waals surface area contributed by atoms with Crippen LogP contribution in [0.1, 0.15) is 31.2 Å². The molecule has 4 nitrogen and oxygen atoms in total. The fraction of sp³-hybridized carbons (Fsp3) is 0.556. The number of rotatable bonds is 3. The van der Waals surface area contributed by atoms with E-state index in [-0.39, 0.29) is 23.1 Å². The highest BCUT2D eigenvalue weighted by atomic mass is 79.9. The van der Waals surface area contributed by atoms with Gasteiger partial charge in [-0.15, -0.1) is 0 Å². The van der Waals surface area contributed by atoms with Crippen LogP contribution in [0.3, 0.4) is 0 Å². The molecule has 1 aliphatic carbocycles. The van der Waals surface area contributed by atoms with Crippen molar-refractivity contribution in [2.24, 2.45) is 5.92 Å². The summed E-state index contributed by atoms with van der Waals surface area (Å²) in [5, 5.41) is 0. The van der Waals surface area contributed by atoms with Crippen molar-refractivity contribution in [2.45, 2.75) is 31.1 Å². The van der Waals surface area contributed by atoms with Gasteiger partial charge in [0.15, 0.2) is 0 Å².